The number of nitrogens with one attached hydrogen (secondary N) is 1. The van der Waals surface area contributed by atoms with Crippen LogP contribution in [0.25, 0.3) is 0 Å². The van der Waals surface area contributed by atoms with Crippen LogP contribution in [0.3, 0.4) is 0 Å². The number of hydrogen-bond donors (Lipinski definition) is 2. The maximum atomic E-state index is 12.2. The number of aliphatic carboxylic acids is 1. The van der Waals surface area contributed by atoms with Crippen molar-refractivity contribution in [1.29, 1.82) is 0 Å². The van der Waals surface area contributed by atoms with E-state index in [-0.39, 0.29) is 12.5 Å². The van der Waals surface area contributed by atoms with Crippen molar-refractivity contribution < 1.29 is 19.5 Å². The second-order valence-corrected chi connectivity index (χ2v) is 6.72. The van der Waals surface area contributed by atoms with Crippen LogP contribution in [0.4, 0.5) is 4.79 Å². The molecule has 0 bridgehead atoms. The third-order valence-electron chi connectivity index (χ3n) is 4.85. The van der Waals surface area contributed by atoms with Gasteiger partial charge in [0.1, 0.15) is 6.04 Å². The summed E-state index contributed by atoms with van der Waals surface area (Å²) < 4.78 is 0. The van der Waals surface area contributed by atoms with Crippen molar-refractivity contribution in [3.05, 3.63) is 35.4 Å². The number of carbonyl (C=O) groups excluding carboxylic acids is 2. The van der Waals surface area contributed by atoms with Gasteiger partial charge in [-0.3, -0.25) is 9.69 Å². The molecule has 2 fully saturated rings. The van der Waals surface area contributed by atoms with E-state index in [0.29, 0.717) is 0 Å². The minimum absolute atomic E-state index is 0.123. The standard InChI is InChI=1S/C18H23N3O4/c1-12(19-18(25)21-15(17(23)24)10-16(21)22)14-6-4-5-13(9-14)11-20-7-2-3-8-20/h4-6,9,12,15H,2-3,7-8,10-11H2,1H3,(H,19,25)(H,23,24). The molecule has 25 heavy (non-hydrogen) atoms. The first-order chi connectivity index (χ1) is 12.0. The van der Waals surface area contributed by atoms with Crippen molar-refractivity contribution in [3.8, 4) is 0 Å². The summed E-state index contributed by atoms with van der Waals surface area (Å²) >= 11 is 0. The van der Waals surface area contributed by atoms with Crippen LogP contribution in [-0.4, -0.2) is 51.9 Å². The molecule has 2 aliphatic heterocycles. The summed E-state index contributed by atoms with van der Waals surface area (Å²) in [6.07, 6.45) is 2.35. The van der Waals surface area contributed by atoms with E-state index < -0.39 is 23.9 Å². The monoisotopic (exact) mass is 345 g/mol. The van der Waals surface area contributed by atoms with Crippen molar-refractivity contribution in [2.24, 2.45) is 0 Å². The number of hydrogen-bond acceptors (Lipinski definition) is 4. The highest BCUT2D eigenvalue weighted by molar-refractivity contribution is 6.05. The second-order valence-electron chi connectivity index (χ2n) is 6.72. The first-order valence-corrected chi connectivity index (χ1v) is 8.62. The van der Waals surface area contributed by atoms with Gasteiger partial charge in [-0.1, -0.05) is 24.3 Å². The van der Waals surface area contributed by atoms with Gasteiger partial charge in [-0.05, 0) is 44.0 Å². The Hall–Kier alpha value is -2.41. The van der Waals surface area contributed by atoms with Crippen molar-refractivity contribution in [2.75, 3.05) is 13.1 Å². The molecule has 3 rings (SSSR count). The van der Waals surface area contributed by atoms with Crippen LogP contribution in [0, 0.1) is 0 Å². The Labute approximate surface area is 146 Å². The molecule has 2 heterocycles. The van der Waals surface area contributed by atoms with E-state index in [1.165, 1.54) is 18.4 Å². The maximum absolute atomic E-state index is 12.2. The number of carboxylic acids is 1. The molecule has 0 spiro atoms. The summed E-state index contributed by atoms with van der Waals surface area (Å²) in [6.45, 7) is 4.95. The van der Waals surface area contributed by atoms with E-state index in [4.69, 9.17) is 5.11 Å². The van der Waals surface area contributed by atoms with E-state index >= 15 is 0 Å². The number of carbonyl (C=O) groups is 3. The molecular formula is C18H23N3O4. The van der Waals surface area contributed by atoms with E-state index in [0.717, 1.165) is 30.1 Å². The molecule has 2 unspecified atom stereocenters. The van der Waals surface area contributed by atoms with Crippen molar-refractivity contribution in [1.82, 2.24) is 15.1 Å². The predicted molar refractivity (Wildman–Crippen MR) is 90.8 cm³/mol. The molecule has 134 valence electrons. The van der Waals surface area contributed by atoms with Gasteiger partial charge in [0.15, 0.2) is 0 Å². The Morgan fingerprint density at radius 3 is 2.68 bits per heavy atom. The molecule has 0 radical (unpaired) electrons. The highest BCUT2D eigenvalue weighted by Gasteiger charge is 2.45. The van der Waals surface area contributed by atoms with Crippen LogP contribution in [0.1, 0.15) is 43.4 Å². The number of nitrogens with zero attached hydrogens (tertiary/aromatic N) is 2. The molecule has 2 N–H and O–H groups in total. The summed E-state index contributed by atoms with van der Waals surface area (Å²) in [7, 11) is 0. The van der Waals surface area contributed by atoms with Gasteiger partial charge in [0.05, 0.1) is 12.5 Å². The van der Waals surface area contributed by atoms with Crippen molar-refractivity contribution in [2.45, 2.75) is 44.8 Å². The Morgan fingerprint density at radius 1 is 1.32 bits per heavy atom. The van der Waals surface area contributed by atoms with Gasteiger partial charge in [-0.15, -0.1) is 0 Å². The number of rotatable bonds is 5. The quantitative estimate of drug-likeness (QED) is 0.794. The molecule has 7 heteroatoms. The average Bonchev–Trinajstić information content (AvgIpc) is 3.05. The molecular weight excluding hydrogens is 322 g/mol. The molecule has 2 atom stereocenters. The number of imide groups is 1. The minimum atomic E-state index is -1.16. The predicted octanol–water partition coefficient (Wildman–Crippen LogP) is 1.74. The van der Waals surface area contributed by atoms with Gasteiger partial charge in [0.25, 0.3) is 0 Å². The molecule has 1 aromatic carbocycles. The van der Waals surface area contributed by atoms with E-state index in [9.17, 15) is 14.4 Å². The number of likely N-dealkylation sites (tertiary alicyclic amines) is 2. The average molecular weight is 345 g/mol. The molecule has 0 aromatic heterocycles. The largest absolute Gasteiger partial charge is 0.480 e. The van der Waals surface area contributed by atoms with Gasteiger partial charge in [0.2, 0.25) is 5.91 Å². The topological polar surface area (TPSA) is 90.0 Å². The fraction of sp³-hybridized carbons (Fsp3) is 0.500. The highest BCUT2D eigenvalue weighted by Crippen LogP contribution is 2.22. The molecule has 2 aliphatic rings. The van der Waals surface area contributed by atoms with Gasteiger partial charge < -0.3 is 10.4 Å². The normalized spacial score (nSPS) is 21.7. The fourth-order valence-corrected chi connectivity index (χ4v) is 3.37. The number of benzene rings is 1. The van der Waals surface area contributed by atoms with E-state index in [1.54, 1.807) is 0 Å². The van der Waals surface area contributed by atoms with E-state index in [1.807, 2.05) is 19.1 Å². The summed E-state index contributed by atoms with van der Waals surface area (Å²) in [6, 6.07) is 5.98. The molecule has 0 aliphatic carbocycles. The van der Waals surface area contributed by atoms with Crippen LogP contribution in [-0.2, 0) is 16.1 Å². The molecule has 1 aromatic rings. The summed E-state index contributed by atoms with van der Waals surface area (Å²) in [4.78, 5) is 38.0. The smallest absolute Gasteiger partial charge is 0.327 e. The number of amides is 3. The Balaban J connectivity index is 1.62. The molecule has 3 amide bonds. The van der Waals surface area contributed by atoms with Gasteiger partial charge in [0, 0.05) is 6.54 Å². The van der Waals surface area contributed by atoms with Crippen molar-refractivity contribution in [3.63, 3.8) is 0 Å². The van der Waals surface area contributed by atoms with Crippen LogP contribution in [0.2, 0.25) is 0 Å². The highest BCUT2D eigenvalue weighted by atomic mass is 16.4. The summed E-state index contributed by atoms with van der Waals surface area (Å²) in [5, 5.41) is 11.7. The first-order valence-electron chi connectivity index (χ1n) is 8.62. The number of β-lactam (4-membered cyclic amide) rings is 1. The van der Waals surface area contributed by atoms with Crippen LogP contribution < -0.4 is 5.32 Å². The number of carboxylic acid groups (broad SMARTS) is 1. The van der Waals surface area contributed by atoms with Crippen LogP contribution in [0.5, 0.6) is 0 Å². The Morgan fingerprint density at radius 2 is 2.04 bits per heavy atom. The third-order valence-corrected chi connectivity index (χ3v) is 4.85. The molecule has 2 saturated heterocycles. The zero-order valence-electron chi connectivity index (χ0n) is 14.3. The number of urea groups is 1. The minimum Gasteiger partial charge on any atom is -0.480 e. The second kappa shape index (κ2) is 7.23. The molecule has 7 nitrogen and oxygen atoms in total. The zero-order chi connectivity index (χ0) is 18.0. The summed E-state index contributed by atoms with van der Waals surface area (Å²) in [5.74, 6) is -1.62. The van der Waals surface area contributed by atoms with Gasteiger partial charge in [-0.25, -0.2) is 14.5 Å². The maximum Gasteiger partial charge on any atom is 0.327 e. The third kappa shape index (κ3) is 3.82. The van der Waals surface area contributed by atoms with Gasteiger partial charge >= 0.3 is 12.0 Å². The zero-order valence-corrected chi connectivity index (χ0v) is 14.3. The van der Waals surface area contributed by atoms with E-state index in [2.05, 4.69) is 22.3 Å². The Bertz CT molecular complexity index is 685. The van der Waals surface area contributed by atoms with Crippen molar-refractivity contribution >= 4 is 17.9 Å². The first kappa shape index (κ1) is 17.4. The lowest BCUT2D eigenvalue weighted by Gasteiger charge is -2.36. The lowest BCUT2D eigenvalue weighted by Crippen LogP contribution is -2.61. The van der Waals surface area contributed by atoms with Gasteiger partial charge in [-0.2, -0.15) is 0 Å². The lowest BCUT2D eigenvalue weighted by atomic mass is 10.0. The lowest BCUT2D eigenvalue weighted by molar-refractivity contribution is -0.157. The molecule has 0 saturated carbocycles. The Kier molecular flexibility index (Phi) is 5.03. The van der Waals surface area contributed by atoms with Crippen LogP contribution >= 0.6 is 0 Å². The summed E-state index contributed by atoms with van der Waals surface area (Å²) in [5.41, 5.74) is 2.12. The fourth-order valence-electron chi connectivity index (χ4n) is 3.37. The SMILES string of the molecule is CC(NC(=O)N1C(=O)CC1C(=O)O)c1cccc(CN2CCCC2)c1. The van der Waals surface area contributed by atoms with Crippen LogP contribution in [0.15, 0.2) is 24.3 Å².